The minimum Gasteiger partial charge on any atom is -0.494 e. The van der Waals surface area contributed by atoms with Gasteiger partial charge in [-0.15, -0.1) is 0 Å². The first-order valence-electron chi connectivity index (χ1n) is 12.9. The summed E-state index contributed by atoms with van der Waals surface area (Å²) in [6, 6.07) is 15.7. The van der Waals surface area contributed by atoms with Crippen molar-refractivity contribution in [2.45, 2.75) is 95.8 Å². The lowest BCUT2D eigenvalue weighted by Gasteiger charge is -2.09. The average Bonchev–Trinajstić information content (AvgIpc) is 2.86. The van der Waals surface area contributed by atoms with Crippen molar-refractivity contribution in [2.24, 2.45) is 0 Å². The lowest BCUT2D eigenvalue weighted by atomic mass is 10.1. The van der Waals surface area contributed by atoms with E-state index in [-0.39, 0.29) is 5.91 Å². The molecular formula is C29H42BrNO2. The second kappa shape index (κ2) is 17.6. The summed E-state index contributed by atoms with van der Waals surface area (Å²) >= 11 is 3.43. The Hall–Kier alpha value is -1.81. The number of unbranched alkanes of at least 4 members (excludes halogenated alkanes) is 11. The van der Waals surface area contributed by atoms with Gasteiger partial charge in [0.2, 0.25) is 0 Å². The molecule has 0 fully saturated rings. The van der Waals surface area contributed by atoms with E-state index in [1.165, 1.54) is 70.6 Å². The fourth-order valence-electron chi connectivity index (χ4n) is 3.92. The number of nitrogens with one attached hydrogen (secondary N) is 1. The topological polar surface area (TPSA) is 38.3 Å². The Morgan fingerprint density at radius 3 is 2.00 bits per heavy atom. The Morgan fingerprint density at radius 1 is 0.788 bits per heavy atom. The van der Waals surface area contributed by atoms with E-state index in [1.807, 2.05) is 48.5 Å². The van der Waals surface area contributed by atoms with Crippen LogP contribution in [0, 0.1) is 0 Å². The van der Waals surface area contributed by atoms with Crippen molar-refractivity contribution in [1.29, 1.82) is 0 Å². The van der Waals surface area contributed by atoms with Gasteiger partial charge in [-0.1, -0.05) is 118 Å². The van der Waals surface area contributed by atoms with Crippen molar-refractivity contribution in [3.05, 3.63) is 65.2 Å². The van der Waals surface area contributed by atoms with Gasteiger partial charge in [0, 0.05) is 17.4 Å². The molecule has 2 rings (SSSR count). The van der Waals surface area contributed by atoms with Crippen molar-refractivity contribution in [3.8, 4) is 5.75 Å². The number of amides is 1. The summed E-state index contributed by atoms with van der Waals surface area (Å²) in [6.07, 6.45) is 16.2. The number of rotatable bonds is 18. The zero-order valence-electron chi connectivity index (χ0n) is 20.4. The molecule has 0 aliphatic heterocycles. The molecule has 0 saturated heterocycles. The molecule has 0 aliphatic carbocycles. The predicted octanol–water partition coefficient (Wildman–Crippen LogP) is 8.59. The zero-order valence-corrected chi connectivity index (χ0v) is 22.0. The molecule has 0 atom stereocenters. The normalized spacial score (nSPS) is 10.8. The van der Waals surface area contributed by atoms with Crippen LogP contribution in [-0.4, -0.2) is 12.5 Å². The molecular weight excluding hydrogens is 474 g/mol. The van der Waals surface area contributed by atoms with E-state index >= 15 is 0 Å². The van der Waals surface area contributed by atoms with Gasteiger partial charge in [-0.2, -0.15) is 0 Å². The Kier molecular flexibility index (Phi) is 14.7. The minimum atomic E-state index is -0.0508. The highest BCUT2D eigenvalue weighted by atomic mass is 79.9. The van der Waals surface area contributed by atoms with Crippen LogP contribution < -0.4 is 10.1 Å². The fourth-order valence-corrected chi connectivity index (χ4v) is 4.27. The maximum atomic E-state index is 12.4. The van der Waals surface area contributed by atoms with E-state index in [1.54, 1.807) is 0 Å². The van der Waals surface area contributed by atoms with Crippen LogP contribution in [-0.2, 0) is 11.9 Å². The Labute approximate surface area is 209 Å². The standard InChI is InChI=1S/C29H42BrNO2/c1-2-3-4-5-6-7-8-9-10-11-12-13-21-33-28-19-17-25(18-20-28)24-31-29(32)27-16-14-15-26(22-27)23-30/h14-20,22H,2-13,21,23-24H2,1H3,(H,31,32). The number of hydrogen-bond acceptors (Lipinski definition) is 2. The van der Waals surface area contributed by atoms with E-state index < -0.39 is 0 Å². The van der Waals surface area contributed by atoms with E-state index in [0.29, 0.717) is 12.1 Å². The highest BCUT2D eigenvalue weighted by Gasteiger charge is 2.06. The molecule has 2 aromatic carbocycles. The third kappa shape index (κ3) is 12.3. The van der Waals surface area contributed by atoms with Gasteiger partial charge < -0.3 is 10.1 Å². The molecule has 0 heterocycles. The van der Waals surface area contributed by atoms with Gasteiger partial charge in [-0.25, -0.2) is 0 Å². The third-order valence-corrected chi connectivity index (χ3v) is 6.63. The van der Waals surface area contributed by atoms with Crippen LogP contribution in [0.15, 0.2) is 48.5 Å². The summed E-state index contributed by atoms with van der Waals surface area (Å²) in [7, 11) is 0. The number of carbonyl (C=O) groups is 1. The van der Waals surface area contributed by atoms with Gasteiger partial charge in [0.1, 0.15) is 5.75 Å². The van der Waals surface area contributed by atoms with Crippen LogP contribution in [0.5, 0.6) is 5.75 Å². The number of hydrogen-bond donors (Lipinski definition) is 1. The molecule has 0 aliphatic rings. The lowest BCUT2D eigenvalue weighted by molar-refractivity contribution is 0.0951. The van der Waals surface area contributed by atoms with Crippen molar-refractivity contribution in [1.82, 2.24) is 5.32 Å². The predicted molar refractivity (Wildman–Crippen MR) is 143 cm³/mol. The molecule has 0 radical (unpaired) electrons. The van der Waals surface area contributed by atoms with Crippen molar-refractivity contribution in [2.75, 3.05) is 6.61 Å². The van der Waals surface area contributed by atoms with Crippen LogP contribution in [0.2, 0.25) is 0 Å². The number of ether oxygens (including phenoxy) is 1. The summed E-state index contributed by atoms with van der Waals surface area (Å²) < 4.78 is 5.88. The molecule has 0 saturated carbocycles. The molecule has 0 aromatic heterocycles. The van der Waals surface area contributed by atoms with E-state index in [4.69, 9.17) is 4.74 Å². The van der Waals surface area contributed by atoms with Gasteiger partial charge in [0.05, 0.1) is 6.61 Å². The molecule has 3 nitrogen and oxygen atoms in total. The number of alkyl halides is 1. The molecule has 1 N–H and O–H groups in total. The van der Waals surface area contributed by atoms with Gasteiger partial charge in [0.25, 0.3) is 5.91 Å². The molecule has 0 bridgehead atoms. The molecule has 0 unspecified atom stereocenters. The van der Waals surface area contributed by atoms with Crippen LogP contribution in [0.25, 0.3) is 0 Å². The largest absolute Gasteiger partial charge is 0.494 e. The number of halogens is 1. The van der Waals surface area contributed by atoms with Gasteiger partial charge in [0.15, 0.2) is 0 Å². The number of benzene rings is 2. The highest BCUT2D eigenvalue weighted by molar-refractivity contribution is 9.08. The van der Waals surface area contributed by atoms with Crippen molar-refractivity contribution < 1.29 is 9.53 Å². The molecule has 33 heavy (non-hydrogen) atoms. The average molecular weight is 517 g/mol. The third-order valence-electron chi connectivity index (χ3n) is 5.99. The molecule has 182 valence electrons. The van der Waals surface area contributed by atoms with E-state index in [0.717, 1.165) is 35.2 Å². The van der Waals surface area contributed by atoms with E-state index in [2.05, 4.69) is 28.2 Å². The molecule has 4 heteroatoms. The maximum Gasteiger partial charge on any atom is 0.251 e. The van der Waals surface area contributed by atoms with Gasteiger partial charge in [-0.3, -0.25) is 4.79 Å². The van der Waals surface area contributed by atoms with Crippen molar-refractivity contribution >= 4 is 21.8 Å². The summed E-state index contributed by atoms with van der Waals surface area (Å²) in [4.78, 5) is 12.4. The first kappa shape index (κ1) is 27.4. The van der Waals surface area contributed by atoms with Crippen LogP contribution in [0.3, 0.4) is 0 Å². The summed E-state index contributed by atoms with van der Waals surface area (Å²) in [5.41, 5.74) is 2.85. The van der Waals surface area contributed by atoms with E-state index in [9.17, 15) is 4.79 Å². The van der Waals surface area contributed by atoms with Crippen LogP contribution >= 0.6 is 15.9 Å². The zero-order chi connectivity index (χ0) is 23.6. The molecule has 2 aromatic rings. The summed E-state index contributed by atoms with van der Waals surface area (Å²) in [6.45, 7) is 3.56. The van der Waals surface area contributed by atoms with Crippen LogP contribution in [0.1, 0.15) is 105 Å². The summed E-state index contributed by atoms with van der Waals surface area (Å²) in [5, 5.41) is 3.73. The van der Waals surface area contributed by atoms with Crippen LogP contribution in [0.4, 0.5) is 0 Å². The number of carbonyl (C=O) groups excluding carboxylic acids is 1. The maximum absolute atomic E-state index is 12.4. The highest BCUT2D eigenvalue weighted by Crippen LogP contribution is 2.15. The Bertz CT molecular complexity index is 775. The van der Waals surface area contributed by atoms with Gasteiger partial charge in [-0.05, 0) is 41.8 Å². The quantitative estimate of drug-likeness (QED) is 0.159. The monoisotopic (exact) mass is 515 g/mol. The fraction of sp³-hybridized carbons (Fsp3) is 0.552. The SMILES string of the molecule is CCCCCCCCCCCCCCOc1ccc(CNC(=O)c2cccc(CBr)c2)cc1. The lowest BCUT2D eigenvalue weighted by Crippen LogP contribution is -2.22. The summed E-state index contributed by atoms with van der Waals surface area (Å²) in [5.74, 6) is 0.850. The molecule has 1 amide bonds. The second-order valence-corrected chi connectivity index (χ2v) is 9.46. The smallest absolute Gasteiger partial charge is 0.251 e. The second-order valence-electron chi connectivity index (χ2n) is 8.90. The van der Waals surface area contributed by atoms with Gasteiger partial charge >= 0.3 is 0 Å². The molecule has 0 spiro atoms. The first-order valence-corrected chi connectivity index (χ1v) is 14.0. The van der Waals surface area contributed by atoms with Crippen molar-refractivity contribution in [3.63, 3.8) is 0 Å². The Morgan fingerprint density at radius 2 is 1.39 bits per heavy atom. The first-order chi connectivity index (χ1) is 16.2. The Balaban J connectivity index is 1.50. The minimum absolute atomic E-state index is 0.0508.